The third-order valence-corrected chi connectivity index (χ3v) is 9.16. The average molecular weight is 466 g/mol. The van der Waals surface area contributed by atoms with Crippen LogP contribution in [0.3, 0.4) is 0 Å². The number of sulfone groups is 1. The molecule has 1 atom stereocenters. The molecule has 0 aliphatic carbocycles. The van der Waals surface area contributed by atoms with Crippen molar-refractivity contribution in [3.8, 4) is 5.75 Å². The third kappa shape index (κ3) is 5.10. The average Bonchev–Trinajstić information content (AvgIpc) is 3.23. The Morgan fingerprint density at radius 1 is 0.933 bits per heavy atom. The van der Waals surface area contributed by atoms with Crippen molar-refractivity contribution in [3.63, 3.8) is 0 Å². The van der Waals surface area contributed by atoms with Gasteiger partial charge in [0.1, 0.15) is 11.0 Å². The molecule has 0 bridgehead atoms. The molecule has 160 valence electrons. The first kappa shape index (κ1) is 22.5. The highest BCUT2D eigenvalue weighted by Gasteiger charge is 2.31. The summed E-state index contributed by atoms with van der Waals surface area (Å²) in [4.78, 5) is 0.778. The molecular formula is C21H23NO5S3. The molecule has 0 spiro atoms. The van der Waals surface area contributed by atoms with Crippen LogP contribution in [-0.2, 0) is 19.9 Å². The van der Waals surface area contributed by atoms with Crippen LogP contribution in [-0.4, -0.2) is 30.0 Å². The number of thiophene rings is 1. The molecule has 6 nitrogen and oxygen atoms in total. The van der Waals surface area contributed by atoms with Crippen LogP contribution in [0.1, 0.15) is 22.6 Å². The lowest BCUT2D eigenvalue weighted by Crippen LogP contribution is -2.31. The van der Waals surface area contributed by atoms with Crippen LogP contribution in [0.4, 0.5) is 0 Å². The molecule has 1 heterocycles. The number of sulfonamides is 1. The van der Waals surface area contributed by atoms with Crippen molar-refractivity contribution in [2.45, 2.75) is 28.9 Å². The van der Waals surface area contributed by atoms with Gasteiger partial charge in [0, 0.05) is 11.4 Å². The first-order valence-corrected chi connectivity index (χ1v) is 13.2. The van der Waals surface area contributed by atoms with E-state index in [2.05, 4.69) is 4.72 Å². The summed E-state index contributed by atoms with van der Waals surface area (Å²) in [6.45, 7) is 3.92. The van der Waals surface area contributed by atoms with Gasteiger partial charge in [0.05, 0.1) is 16.4 Å². The second-order valence-electron chi connectivity index (χ2n) is 6.62. The van der Waals surface area contributed by atoms with Gasteiger partial charge in [-0.05, 0) is 61.7 Å². The Morgan fingerprint density at radius 2 is 1.57 bits per heavy atom. The van der Waals surface area contributed by atoms with Crippen LogP contribution in [0.25, 0.3) is 0 Å². The Labute approximate surface area is 181 Å². The molecule has 0 radical (unpaired) electrons. The van der Waals surface area contributed by atoms with Crippen LogP contribution < -0.4 is 9.46 Å². The molecule has 3 rings (SSSR count). The minimum absolute atomic E-state index is 0.0450. The smallest absolute Gasteiger partial charge is 0.240 e. The topological polar surface area (TPSA) is 89.5 Å². The summed E-state index contributed by atoms with van der Waals surface area (Å²) in [5, 5.41) is 0.742. The number of aryl methyl sites for hydroxylation is 1. The maximum Gasteiger partial charge on any atom is 0.240 e. The van der Waals surface area contributed by atoms with Gasteiger partial charge in [-0.2, -0.15) is 0 Å². The van der Waals surface area contributed by atoms with Gasteiger partial charge in [-0.25, -0.2) is 21.6 Å². The van der Waals surface area contributed by atoms with Gasteiger partial charge in [-0.3, -0.25) is 0 Å². The van der Waals surface area contributed by atoms with Crippen molar-refractivity contribution in [3.05, 3.63) is 76.5 Å². The van der Waals surface area contributed by atoms with Gasteiger partial charge >= 0.3 is 0 Å². The Hall–Kier alpha value is -2.20. The van der Waals surface area contributed by atoms with Crippen molar-refractivity contribution in [1.29, 1.82) is 0 Å². The monoisotopic (exact) mass is 465 g/mol. The van der Waals surface area contributed by atoms with Crippen LogP contribution >= 0.6 is 11.3 Å². The van der Waals surface area contributed by atoms with Crippen LogP contribution in [0, 0.1) is 6.92 Å². The van der Waals surface area contributed by atoms with E-state index in [-0.39, 0.29) is 16.3 Å². The second-order valence-corrected chi connectivity index (χ2v) is 11.5. The number of ether oxygens (including phenoxy) is 1. The van der Waals surface area contributed by atoms with E-state index in [4.69, 9.17) is 4.74 Å². The molecule has 0 aliphatic heterocycles. The fourth-order valence-electron chi connectivity index (χ4n) is 2.88. The quantitative estimate of drug-likeness (QED) is 0.517. The standard InChI is InChI=1S/C21H23NO5S3/c1-3-27-17-8-12-19(13-9-17)30(25,26)22-15-21(20-5-4-14-28-20)29(23,24)18-10-6-16(2)7-11-18/h4-14,21-22H,3,15H2,1-2H3/t21-/m1/s1. The van der Waals surface area contributed by atoms with E-state index in [1.54, 1.807) is 53.9 Å². The highest BCUT2D eigenvalue weighted by atomic mass is 32.2. The number of hydrogen-bond acceptors (Lipinski definition) is 6. The SMILES string of the molecule is CCOc1ccc(S(=O)(=O)NC[C@H](c2cccs2)S(=O)(=O)c2ccc(C)cc2)cc1. The van der Waals surface area contributed by atoms with Gasteiger partial charge in [-0.1, -0.05) is 23.8 Å². The number of hydrogen-bond donors (Lipinski definition) is 1. The van der Waals surface area contributed by atoms with Gasteiger partial charge < -0.3 is 4.74 Å². The number of rotatable bonds is 9. The molecule has 0 fully saturated rings. The highest BCUT2D eigenvalue weighted by molar-refractivity contribution is 7.92. The molecule has 0 saturated heterocycles. The van der Waals surface area contributed by atoms with Crippen molar-refractivity contribution >= 4 is 31.2 Å². The van der Waals surface area contributed by atoms with Gasteiger partial charge in [-0.15, -0.1) is 11.3 Å². The predicted octanol–water partition coefficient (Wildman–Crippen LogP) is 3.95. The molecule has 0 saturated carbocycles. The Balaban J connectivity index is 1.86. The molecule has 0 aliphatic rings. The summed E-state index contributed by atoms with van der Waals surface area (Å²) < 4.78 is 59.8. The van der Waals surface area contributed by atoms with Crippen molar-refractivity contribution in [1.82, 2.24) is 4.72 Å². The zero-order valence-corrected chi connectivity index (χ0v) is 19.1. The van der Waals surface area contributed by atoms with E-state index in [1.165, 1.54) is 23.5 Å². The van der Waals surface area contributed by atoms with Crippen LogP contribution in [0.15, 0.2) is 75.8 Å². The zero-order chi connectivity index (χ0) is 21.8. The maximum atomic E-state index is 13.3. The molecule has 3 aromatic rings. The maximum absolute atomic E-state index is 13.3. The minimum Gasteiger partial charge on any atom is -0.494 e. The number of benzene rings is 2. The number of nitrogens with one attached hydrogen (secondary N) is 1. The van der Waals surface area contributed by atoms with E-state index in [9.17, 15) is 16.8 Å². The van der Waals surface area contributed by atoms with Gasteiger partial charge in [0.15, 0.2) is 9.84 Å². The lowest BCUT2D eigenvalue weighted by Gasteiger charge is -2.18. The van der Waals surface area contributed by atoms with Gasteiger partial charge in [0.2, 0.25) is 10.0 Å². The molecule has 30 heavy (non-hydrogen) atoms. The lowest BCUT2D eigenvalue weighted by atomic mass is 10.2. The van der Waals surface area contributed by atoms with Crippen molar-refractivity contribution in [2.24, 2.45) is 0 Å². The first-order chi connectivity index (χ1) is 14.2. The molecule has 0 unspecified atom stereocenters. The van der Waals surface area contributed by atoms with Crippen LogP contribution in [0.5, 0.6) is 5.75 Å². The Bertz CT molecular complexity index is 1170. The molecule has 1 N–H and O–H groups in total. The van der Waals surface area contributed by atoms with E-state index in [0.29, 0.717) is 17.2 Å². The Kier molecular flexibility index (Phi) is 6.97. The molecule has 2 aromatic carbocycles. The summed E-state index contributed by atoms with van der Waals surface area (Å²) in [7, 11) is -7.69. The second kappa shape index (κ2) is 9.30. The predicted molar refractivity (Wildman–Crippen MR) is 118 cm³/mol. The van der Waals surface area contributed by atoms with E-state index in [1.807, 2.05) is 13.8 Å². The van der Waals surface area contributed by atoms with Crippen molar-refractivity contribution in [2.75, 3.05) is 13.2 Å². The molecule has 1 aromatic heterocycles. The van der Waals surface area contributed by atoms with E-state index >= 15 is 0 Å². The lowest BCUT2D eigenvalue weighted by molar-refractivity contribution is 0.340. The Morgan fingerprint density at radius 3 is 2.13 bits per heavy atom. The van der Waals surface area contributed by atoms with E-state index < -0.39 is 25.1 Å². The molecule has 0 amide bonds. The highest BCUT2D eigenvalue weighted by Crippen LogP contribution is 2.32. The molecule has 9 heteroatoms. The summed E-state index contributed by atoms with van der Waals surface area (Å²) in [6, 6.07) is 16.0. The summed E-state index contributed by atoms with van der Waals surface area (Å²) in [6.07, 6.45) is 0. The minimum atomic E-state index is -3.89. The van der Waals surface area contributed by atoms with Crippen molar-refractivity contribution < 1.29 is 21.6 Å². The zero-order valence-electron chi connectivity index (χ0n) is 16.6. The fraction of sp³-hybridized carbons (Fsp3) is 0.238. The van der Waals surface area contributed by atoms with Gasteiger partial charge in [0.25, 0.3) is 0 Å². The van der Waals surface area contributed by atoms with Crippen LogP contribution in [0.2, 0.25) is 0 Å². The third-order valence-electron chi connectivity index (χ3n) is 4.49. The first-order valence-electron chi connectivity index (χ1n) is 9.30. The summed E-state index contributed by atoms with van der Waals surface area (Å²) in [5.41, 5.74) is 0.942. The molecular weight excluding hydrogens is 442 g/mol. The van der Waals surface area contributed by atoms with E-state index in [0.717, 1.165) is 5.56 Å². The summed E-state index contributed by atoms with van der Waals surface area (Å²) in [5.74, 6) is 0.565. The summed E-state index contributed by atoms with van der Waals surface area (Å²) >= 11 is 1.28. The fourth-order valence-corrected chi connectivity index (χ4v) is 6.82. The normalized spacial score (nSPS) is 13.1. The largest absolute Gasteiger partial charge is 0.494 e.